The second-order valence-electron chi connectivity index (χ2n) is 5.95. The van der Waals surface area contributed by atoms with E-state index in [-0.39, 0.29) is 17.6 Å². The van der Waals surface area contributed by atoms with Crippen molar-refractivity contribution >= 4 is 17.4 Å². The first kappa shape index (κ1) is 15.5. The molecule has 1 fully saturated rings. The molecule has 1 atom stereocenters. The van der Waals surface area contributed by atoms with Crippen LogP contribution in [0, 0.1) is 11.6 Å². The van der Waals surface area contributed by atoms with Gasteiger partial charge in [0.15, 0.2) is 0 Å². The van der Waals surface area contributed by atoms with Crippen LogP contribution in [0.5, 0.6) is 0 Å². The van der Waals surface area contributed by atoms with Crippen LogP contribution in [0.3, 0.4) is 0 Å². The van der Waals surface area contributed by atoms with Gasteiger partial charge in [0.05, 0.1) is 5.69 Å². The first-order valence-corrected chi connectivity index (χ1v) is 7.91. The molecule has 0 aliphatic carbocycles. The number of anilines is 1. The summed E-state index contributed by atoms with van der Waals surface area (Å²) in [6, 6.07) is 5.14. The molecular formula is C17H15F2N5O. The van der Waals surface area contributed by atoms with E-state index in [2.05, 4.69) is 15.3 Å². The number of imidazole rings is 1. The molecule has 128 valence electrons. The summed E-state index contributed by atoms with van der Waals surface area (Å²) in [7, 11) is 0. The maximum Gasteiger partial charge on any atom is 0.271 e. The number of aromatic nitrogens is 3. The Hall–Kier alpha value is -3.03. The highest BCUT2D eigenvalue weighted by atomic mass is 19.1. The summed E-state index contributed by atoms with van der Waals surface area (Å²) in [6.45, 7) is 1.04. The number of hydrogen-bond acceptors (Lipinski definition) is 4. The quantitative estimate of drug-likeness (QED) is 0.790. The third-order valence-electron chi connectivity index (χ3n) is 4.24. The number of carbonyl (C=O) groups is 1. The van der Waals surface area contributed by atoms with Crippen molar-refractivity contribution in [2.45, 2.75) is 12.5 Å². The first-order chi connectivity index (χ1) is 12.1. The highest BCUT2D eigenvalue weighted by molar-refractivity contribution is 5.93. The normalized spacial score (nSPS) is 17.2. The largest absolute Gasteiger partial charge is 0.367 e. The van der Waals surface area contributed by atoms with Gasteiger partial charge in [-0.05, 0) is 24.6 Å². The molecule has 0 radical (unpaired) electrons. The monoisotopic (exact) mass is 343 g/mol. The minimum atomic E-state index is -0.606. The fourth-order valence-corrected chi connectivity index (χ4v) is 3.03. The van der Waals surface area contributed by atoms with Crippen LogP contribution in [-0.4, -0.2) is 39.4 Å². The summed E-state index contributed by atoms with van der Waals surface area (Å²) in [4.78, 5) is 22.4. The lowest BCUT2D eigenvalue weighted by Gasteiger charge is -2.19. The molecule has 25 heavy (non-hydrogen) atoms. The van der Waals surface area contributed by atoms with Gasteiger partial charge >= 0.3 is 0 Å². The molecule has 8 heteroatoms. The molecule has 1 saturated heterocycles. The molecule has 0 saturated carbocycles. The standard InChI is InChI=1S/C17H15F2N5O/c18-11-2-3-15(13(19)8-11)23-7-4-12(9-23)21-16(25)14-10-24-6-1-5-20-17(24)22-14/h1-3,5-6,8,10,12H,4,7,9H2,(H,21,25)/t12-/m1/s1. The van der Waals surface area contributed by atoms with Crippen molar-refractivity contribution < 1.29 is 13.6 Å². The second-order valence-corrected chi connectivity index (χ2v) is 5.95. The third kappa shape index (κ3) is 3.02. The molecule has 1 aromatic carbocycles. The van der Waals surface area contributed by atoms with Gasteiger partial charge in [0.1, 0.15) is 17.3 Å². The van der Waals surface area contributed by atoms with E-state index < -0.39 is 11.6 Å². The van der Waals surface area contributed by atoms with Crippen LogP contribution in [0.2, 0.25) is 0 Å². The number of nitrogens with one attached hydrogen (secondary N) is 1. The number of fused-ring (bicyclic) bond motifs is 1. The zero-order chi connectivity index (χ0) is 17.4. The van der Waals surface area contributed by atoms with Crippen molar-refractivity contribution in [1.82, 2.24) is 19.7 Å². The Morgan fingerprint density at radius 1 is 1.32 bits per heavy atom. The number of hydrogen-bond donors (Lipinski definition) is 1. The summed E-state index contributed by atoms with van der Waals surface area (Å²) >= 11 is 0. The fourth-order valence-electron chi connectivity index (χ4n) is 3.03. The van der Waals surface area contributed by atoms with E-state index >= 15 is 0 Å². The molecule has 6 nitrogen and oxygen atoms in total. The van der Waals surface area contributed by atoms with Crippen molar-refractivity contribution in [1.29, 1.82) is 0 Å². The smallest absolute Gasteiger partial charge is 0.271 e. The highest BCUT2D eigenvalue weighted by Gasteiger charge is 2.26. The van der Waals surface area contributed by atoms with Crippen molar-refractivity contribution in [2.75, 3.05) is 18.0 Å². The summed E-state index contributed by atoms with van der Waals surface area (Å²) in [5, 5.41) is 2.91. The zero-order valence-electron chi connectivity index (χ0n) is 13.2. The lowest BCUT2D eigenvalue weighted by molar-refractivity contribution is 0.0936. The Kier molecular flexibility index (Phi) is 3.79. The van der Waals surface area contributed by atoms with Gasteiger partial charge in [-0.1, -0.05) is 0 Å². The van der Waals surface area contributed by atoms with Crippen molar-refractivity contribution in [3.05, 3.63) is 60.2 Å². The van der Waals surface area contributed by atoms with Gasteiger partial charge in [0.2, 0.25) is 5.78 Å². The SMILES string of the molecule is O=C(N[C@@H]1CCN(c2ccc(F)cc2F)C1)c1cn2cccnc2n1. The number of benzene rings is 1. The van der Waals surface area contributed by atoms with Crippen LogP contribution in [0.1, 0.15) is 16.9 Å². The van der Waals surface area contributed by atoms with Crippen LogP contribution in [0.25, 0.3) is 5.78 Å². The number of nitrogens with zero attached hydrogens (tertiary/aromatic N) is 4. The fraction of sp³-hybridized carbons (Fsp3) is 0.235. The van der Waals surface area contributed by atoms with Gasteiger partial charge < -0.3 is 10.2 Å². The van der Waals surface area contributed by atoms with E-state index in [0.29, 0.717) is 31.0 Å². The van der Waals surface area contributed by atoms with E-state index in [1.54, 1.807) is 34.0 Å². The van der Waals surface area contributed by atoms with E-state index in [1.807, 2.05) is 0 Å². The number of halogens is 2. The van der Waals surface area contributed by atoms with Gasteiger partial charge in [0.25, 0.3) is 5.91 Å². The number of rotatable bonds is 3. The van der Waals surface area contributed by atoms with E-state index in [9.17, 15) is 13.6 Å². The Morgan fingerprint density at radius 2 is 2.20 bits per heavy atom. The molecular weight excluding hydrogens is 328 g/mol. The molecule has 1 aliphatic heterocycles. The predicted octanol–water partition coefficient (Wildman–Crippen LogP) is 2.02. The molecule has 2 aromatic heterocycles. The topological polar surface area (TPSA) is 62.5 Å². The molecule has 1 N–H and O–H groups in total. The Morgan fingerprint density at radius 3 is 3.00 bits per heavy atom. The lowest BCUT2D eigenvalue weighted by Crippen LogP contribution is -2.37. The van der Waals surface area contributed by atoms with E-state index in [4.69, 9.17) is 0 Å². The second kappa shape index (κ2) is 6.12. The predicted molar refractivity (Wildman–Crippen MR) is 87.4 cm³/mol. The first-order valence-electron chi connectivity index (χ1n) is 7.91. The lowest BCUT2D eigenvalue weighted by atomic mass is 10.2. The Bertz CT molecular complexity index is 909. The minimum Gasteiger partial charge on any atom is -0.367 e. The Balaban J connectivity index is 1.44. The van der Waals surface area contributed by atoms with Crippen LogP contribution >= 0.6 is 0 Å². The van der Waals surface area contributed by atoms with Gasteiger partial charge in [-0.15, -0.1) is 0 Å². The summed E-state index contributed by atoms with van der Waals surface area (Å²) in [5.41, 5.74) is 0.625. The molecule has 0 bridgehead atoms. The zero-order valence-corrected chi connectivity index (χ0v) is 13.2. The van der Waals surface area contributed by atoms with Crippen molar-refractivity contribution in [2.24, 2.45) is 0 Å². The number of carbonyl (C=O) groups excluding carboxylic acids is 1. The molecule has 0 unspecified atom stereocenters. The maximum atomic E-state index is 13.9. The highest BCUT2D eigenvalue weighted by Crippen LogP contribution is 2.24. The summed E-state index contributed by atoms with van der Waals surface area (Å²) < 4.78 is 28.6. The van der Waals surface area contributed by atoms with Gasteiger partial charge in [-0.2, -0.15) is 0 Å². The number of amides is 1. The Labute approximate surface area is 142 Å². The average molecular weight is 343 g/mol. The van der Waals surface area contributed by atoms with Crippen LogP contribution < -0.4 is 10.2 Å². The van der Waals surface area contributed by atoms with Crippen LogP contribution in [0.15, 0.2) is 42.9 Å². The maximum absolute atomic E-state index is 13.9. The molecule has 0 spiro atoms. The summed E-state index contributed by atoms with van der Waals surface area (Å²) in [6.07, 6.45) is 5.66. The molecule has 1 aliphatic rings. The van der Waals surface area contributed by atoms with Gasteiger partial charge in [-0.3, -0.25) is 9.20 Å². The van der Waals surface area contributed by atoms with Gasteiger partial charge in [-0.25, -0.2) is 18.7 Å². The van der Waals surface area contributed by atoms with Crippen LogP contribution in [-0.2, 0) is 0 Å². The molecule has 3 heterocycles. The average Bonchev–Trinajstić information content (AvgIpc) is 3.21. The van der Waals surface area contributed by atoms with Crippen molar-refractivity contribution in [3.63, 3.8) is 0 Å². The van der Waals surface area contributed by atoms with E-state index in [0.717, 1.165) is 6.07 Å². The van der Waals surface area contributed by atoms with E-state index in [1.165, 1.54) is 12.1 Å². The molecule has 3 aromatic rings. The van der Waals surface area contributed by atoms with Crippen molar-refractivity contribution in [3.8, 4) is 0 Å². The third-order valence-corrected chi connectivity index (χ3v) is 4.24. The molecule has 1 amide bonds. The van der Waals surface area contributed by atoms with Crippen LogP contribution in [0.4, 0.5) is 14.5 Å². The summed E-state index contributed by atoms with van der Waals surface area (Å²) in [5.74, 6) is -1.05. The minimum absolute atomic E-state index is 0.130. The van der Waals surface area contributed by atoms with Gasteiger partial charge in [0, 0.05) is 43.8 Å². The molecule has 4 rings (SSSR count).